The van der Waals surface area contributed by atoms with Crippen molar-refractivity contribution in [1.82, 2.24) is 5.32 Å². The highest BCUT2D eigenvalue weighted by Gasteiger charge is 2.19. The topological polar surface area (TPSA) is 56.5 Å². The van der Waals surface area contributed by atoms with Crippen molar-refractivity contribution in [2.45, 2.75) is 25.4 Å². The lowest BCUT2D eigenvalue weighted by Gasteiger charge is -2.21. The van der Waals surface area contributed by atoms with Gasteiger partial charge in [0.05, 0.1) is 24.3 Å². The molecule has 0 bridgehead atoms. The van der Waals surface area contributed by atoms with E-state index in [2.05, 4.69) is 11.2 Å². The number of ether oxygens (including phenoxy) is 2. The molecule has 0 aromatic heterocycles. The number of nitrogens with one attached hydrogen (secondary N) is 1. The van der Waals surface area contributed by atoms with Gasteiger partial charge in [-0.2, -0.15) is 0 Å². The van der Waals surface area contributed by atoms with Crippen LogP contribution in [0.2, 0.25) is 5.02 Å². The number of benzene rings is 1. The second-order valence-electron chi connectivity index (χ2n) is 4.72. The van der Waals surface area contributed by atoms with E-state index in [0.29, 0.717) is 36.3 Å². The van der Waals surface area contributed by atoms with E-state index in [9.17, 15) is 0 Å². The molecular weight excluding hydrogens is 276 g/mol. The Morgan fingerprint density at radius 1 is 1.45 bits per heavy atom. The van der Waals surface area contributed by atoms with Crippen molar-refractivity contribution in [3.63, 3.8) is 0 Å². The monoisotopic (exact) mass is 294 g/mol. The predicted octanol–water partition coefficient (Wildman–Crippen LogP) is 2.11. The molecule has 0 radical (unpaired) electrons. The highest BCUT2D eigenvalue weighted by molar-refractivity contribution is 6.32. The number of rotatable bonds is 4. The smallest absolute Gasteiger partial charge is 0.179 e. The SMILES string of the molecule is C#CC(C)NC(CN)c1cc(Cl)c2c(c1)OCCCO2. The van der Waals surface area contributed by atoms with Crippen molar-refractivity contribution in [3.8, 4) is 23.8 Å². The molecule has 0 amide bonds. The van der Waals surface area contributed by atoms with Gasteiger partial charge in [0, 0.05) is 19.0 Å². The molecule has 1 aromatic rings. The zero-order valence-corrected chi connectivity index (χ0v) is 12.2. The Bertz CT molecular complexity index is 513. The molecule has 0 saturated carbocycles. The third-order valence-electron chi connectivity index (χ3n) is 3.16. The summed E-state index contributed by atoms with van der Waals surface area (Å²) in [6.45, 7) is 3.56. The minimum Gasteiger partial charge on any atom is -0.489 e. The van der Waals surface area contributed by atoms with Crippen molar-refractivity contribution < 1.29 is 9.47 Å². The van der Waals surface area contributed by atoms with E-state index in [-0.39, 0.29) is 12.1 Å². The fourth-order valence-corrected chi connectivity index (χ4v) is 2.38. The lowest BCUT2D eigenvalue weighted by atomic mass is 10.1. The van der Waals surface area contributed by atoms with Gasteiger partial charge in [-0.15, -0.1) is 6.42 Å². The van der Waals surface area contributed by atoms with Gasteiger partial charge in [-0.3, -0.25) is 5.32 Å². The van der Waals surface area contributed by atoms with Crippen molar-refractivity contribution >= 4 is 11.6 Å². The minimum atomic E-state index is -0.0734. The van der Waals surface area contributed by atoms with Crippen LogP contribution in [0.25, 0.3) is 0 Å². The van der Waals surface area contributed by atoms with E-state index < -0.39 is 0 Å². The fraction of sp³-hybridized carbons (Fsp3) is 0.467. The second-order valence-corrected chi connectivity index (χ2v) is 5.13. The molecule has 5 heteroatoms. The Labute approximate surface area is 124 Å². The zero-order valence-electron chi connectivity index (χ0n) is 11.5. The Morgan fingerprint density at radius 3 is 2.90 bits per heavy atom. The summed E-state index contributed by atoms with van der Waals surface area (Å²) in [5.74, 6) is 3.90. The van der Waals surface area contributed by atoms with Crippen LogP contribution in [0.3, 0.4) is 0 Å². The third kappa shape index (κ3) is 3.37. The highest BCUT2D eigenvalue weighted by atomic mass is 35.5. The van der Waals surface area contributed by atoms with Gasteiger partial charge in [0.1, 0.15) is 0 Å². The van der Waals surface area contributed by atoms with Crippen LogP contribution in [-0.4, -0.2) is 25.8 Å². The Morgan fingerprint density at radius 2 is 2.20 bits per heavy atom. The Hall–Kier alpha value is -1.41. The van der Waals surface area contributed by atoms with Gasteiger partial charge in [0.25, 0.3) is 0 Å². The lowest BCUT2D eigenvalue weighted by molar-refractivity contribution is 0.297. The van der Waals surface area contributed by atoms with Crippen LogP contribution in [0.15, 0.2) is 12.1 Å². The van der Waals surface area contributed by atoms with Gasteiger partial charge in [-0.05, 0) is 24.6 Å². The van der Waals surface area contributed by atoms with Gasteiger partial charge in [0.15, 0.2) is 11.5 Å². The van der Waals surface area contributed by atoms with Crippen LogP contribution in [0.4, 0.5) is 0 Å². The molecule has 1 aliphatic rings. The molecule has 20 heavy (non-hydrogen) atoms. The van der Waals surface area contributed by atoms with Crippen LogP contribution in [0, 0.1) is 12.3 Å². The third-order valence-corrected chi connectivity index (χ3v) is 3.44. The summed E-state index contributed by atoms with van der Waals surface area (Å²) in [7, 11) is 0. The van der Waals surface area contributed by atoms with Gasteiger partial charge in [-0.1, -0.05) is 17.5 Å². The largest absolute Gasteiger partial charge is 0.489 e. The van der Waals surface area contributed by atoms with E-state index in [0.717, 1.165) is 12.0 Å². The summed E-state index contributed by atoms with van der Waals surface area (Å²) in [6, 6.07) is 3.62. The predicted molar refractivity (Wildman–Crippen MR) is 80.3 cm³/mol. The summed E-state index contributed by atoms with van der Waals surface area (Å²) in [5.41, 5.74) is 6.77. The minimum absolute atomic E-state index is 0.0710. The van der Waals surface area contributed by atoms with Gasteiger partial charge >= 0.3 is 0 Å². The molecule has 1 heterocycles. The van der Waals surface area contributed by atoms with Crippen molar-refractivity contribution in [1.29, 1.82) is 0 Å². The molecule has 2 unspecified atom stereocenters. The van der Waals surface area contributed by atoms with E-state index in [1.54, 1.807) is 0 Å². The first kappa shape index (κ1) is 15.0. The van der Waals surface area contributed by atoms with Crippen LogP contribution in [0.5, 0.6) is 11.5 Å². The molecule has 1 aliphatic heterocycles. The molecule has 3 N–H and O–H groups in total. The van der Waals surface area contributed by atoms with Crippen LogP contribution in [-0.2, 0) is 0 Å². The molecule has 0 saturated heterocycles. The number of terminal acetylenes is 1. The molecule has 2 atom stereocenters. The van der Waals surface area contributed by atoms with Gasteiger partial charge in [-0.25, -0.2) is 0 Å². The molecule has 4 nitrogen and oxygen atoms in total. The van der Waals surface area contributed by atoms with Gasteiger partial charge in [0.2, 0.25) is 0 Å². The number of fused-ring (bicyclic) bond motifs is 1. The zero-order chi connectivity index (χ0) is 14.5. The number of hydrogen-bond acceptors (Lipinski definition) is 4. The number of nitrogens with two attached hydrogens (primary N) is 1. The second kappa shape index (κ2) is 6.85. The van der Waals surface area contributed by atoms with Crippen LogP contribution >= 0.6 is 11.6 Å². The summed E-state index contributed by atoms with van der Waals surface area (Å²) in [5, 5.41) is 3.80. The normalized spacial score (nSPS) is 16.9. The number of hydrogen-bond donors (Lipinski definition) is 2. The Balaban J connectivity index is 2.30. The first-order chi connectivity index (χ1) is 9.65. The maximum absolute atomic E-state index is 6.28. The summed E-state index contributed by atoms with van der Waals surface area (Å²) >= 11 is 6.28. The van der Waals surface area contributed by atoms with Crippen LogP contribution in [0.1, 0.15) is 24.9 Å². The molecular formula is C15H19ClN2O2. The lowest BCUT2D eigenvalue weighted by Crippen LogP contribution is -2.34. The summed E-state index contributed by atoms with van der Waals surface area (Å²) < 4.78 is 11.3. The van der Waals surface area contributed by atoms with Crippen molar-refractivity contribution in [3.05, 3.63) is 22.7 Å². The Kier molecular flexibility index (Phi) is 5.13. The molecule has 2 rings (SSSR count). The molecule has 0 fully saturated rings. The van der Waals surface area contributed by atoms with E-state index in [1.807, 2.05) is 19.1 Å². The first-order valence-corrected chi connectivity index (χ1v) is 7.04. The molecule has 0 spiro atoms. The molecule has 0 aliphatic carbocycles. The average molecular weight is 295 g/mol. The van der Waals surface area contributed by atoms with Crippen LogP contribution < -0.4 is 20.5 Å². The van der Waals surface area contributed by atoms with Crippen molar-refractivity contribution in [2.75, 3.05) is 19.8 Å². The maximum Gasteiger partial charge on any atom is 0.179 e. The van der Waals surface area contributed by atoms with Gasteiger partial charge < -0.3 is 15.2 Å². The average Bonchev–Trinajstić information content (AvgIpc) is 2.70. The highest BCUT2D eigenvalue weighted by Crippen LogP contribution is 2.39. The number of halogens is 1. The maximum atomic E-state index is 6.28. The summed E-state index contributed by atoms with van der Waals surface area (Å²) in [6.07, 6.45) is 6.23. The quantitative estimate of drug-likeness (QED) is 0.835. The van der Waals surface area contributed by atoms with E-state index in [1.165, 1.54) is 0 Å². The van der Waals surface area contributed by atoms with E-state index >= 15 is 0 Å². The van der Waals surface area contributed by atoms with Crippen molar-refractivity contribution in [2.24, 2.45) is 5.73 Å². The first-order valence-electron chi connectivity index (χ1n) is 6.67. The molecule has 108 valence electrons. The fourth-order valence-electron chi connectivity index (χ4n) is 2.10. The standard InChI is InChI=1S/C15H19ClN2O2/c1-3-10(2)18-13(9-17)11-7-12(16)15-14(8-11)19-5-4-6-20-15/h1,7-8,10,13,18H,4-6,9,17H2,2H3. The molecule has 1 aromatic carbocycles. The summed E-state index contributed by atoms with van der Waals surface area (Å²) in [4.78, 5) is 0. The van der Waals surface area contributed by atoms with E-state index in [4.69, 9.17) is 33.2 Å².